The standard InChI is InChI=1S/C18H12BrCl2F3N4OS/c19-14-15(17(29)26-10-4-3-8(20)6-9(10)21)27-28-13(18(22,23)24)7-11(25-16(14)28)12-2-1-5-30-12/h1-6,11,13,25H,7H2,(H,26,29). The molecule has 0 saturated carbocycles. The molecule has 1 aliphatic rings. The lowest BCUT2D eigenvalue weighted by molar-refractivity contribution is -0.173. The zero-order valence-electron chi connectivity index (χ0n) is 14.8. The summed E-state index contributed by atoms with van der Waals surface area (Å²) in [5.41, 5.74) is 0.0744. The molecular formula is C18H12BrCl2F3N4OS. The van der Waals surface area contributed by atoms with Crippen LogP contribution in [-0.2, 0) is 0 Å². The minimum Gasteiger partial charge on any atom is -0.362 e. The molecule has 0 radical (unpaired) electrons. The molecule has 158 valence electrons. The number of hydrogen-bond acceptors (Lipinski definition) is 4. The Balaban J connectivity index is 1.70. The Hall–Kier alpha value is -1.75. The van der Waals surface area contributed by atoms with Crippen molar-refractivity contribution < 1.29 is 18.0 Å². The maximum Gasteiger partial charge on any atom is 0.410 e. The summed E-state index contributed by atoms with van der Waals surface area (Å²) in [5.74, 6) is -0.613. The number of carbonyl (C=O) groups excluding carboxylic acids is 1. The van der Waals surface area contributed by atoms with E-state index in [1.54, 1.807) is 17.5 Å². The maximum atomic E-state index is 13.8. The number of thiophene rings is 1. The number of aromatic nitrogens is 2. The Morgan fingerprint density at radius 2 is 2.10 bits per heavy atom. The highest BCUT2D eigenvalue weighted by Crippen LogP contribution is 2.47. The number of hydrogen-bond donors (Lipinski definition) is 2. The Morgan fingerprint density at radius 3 is 2.73 bits per heavy atom. The predicted molar refractivity (Wildman–Crippen MR) is 115 cm³/mol. The Kier molecular flexibility index (Phi) is 5.78. The molecule has 1 amide bonds. The Labute approximate surface area is 191 Å². The lowest BCUT2D eigenvalue weighted by Gasteiger charge is -2.33. The van der Waals surface area contributed by atoms with Crippen LogP contribution in [0.1, 0.15) is 33.9 Å². The van der Waals surface area contributed by atoms with Crippen LogP contribution in [0.15, 0.2) is 40.2 Å². The third-order valence-electron chi connectivity index (χ3n) is 4.58. The van der Waals surface area contributed by atoms with E-state index in [1.165, 1.54) is 29.5 Å². The van der Waals surface area contributed by atoms with E-state index >= 15 is 0 Å². The second-order valence-electron chi connectivity index (χ2n) is 6.54. The number of fused-ring (bicyclic) bond motifs is 1. The first-order chi connectivity index (χ1) is 14.1. The topological polar surface area (TPSA) is 59.0 Å². The summed E-state index contributed by atoms with van der Waals surface area (Å²) in [5, 5.41) is 12.0. The first-order valence-corrected chi connectivity index (χ1v) is 11.0. The number of amides is 1. The van der Waals surface area contributed by atoms with Gasteiger partial charge in [-0.1, -0.05) is 29.3 Å². The molecular weight excluding hydrogens is 528 g/mol. The highest BCUT2D eigenvalue weighted by Gasteiger charge is 2.48. The number of benzene rings is 1. The average Bonchev–Trinajstić information content (AvgIpc) is 3.31. The van der Waals surface area contributed by atoms with Gasteiger partial charge in [0.1, 0.15) is 5.82 Å². The fraction of sp³-hybridized carbons (Fsp3) is 0.222. The largest absolute Gasteiger partial charge is 0.410 e. The molecule has 0 aliphatic carbocycles. The van der Waals surface area contributed by atoms with E-state index < -0.39 is 24.2 Å². The van der Waals surface area contributed by atoms with E-state index in [0.29, 0.717) is 5.02 Å². The first kappa shape index (κ1) is 21.5. The van der Waals surface area contributed by atoms with Gasteiger partial charge < -0.3 is 10.6 Å². The van der Waals surface area contributed by atoms with Crippen LogP contribution in [0, 0.1) is 0 Å². The molecule has 2 unspecified atom stereocenters. The van der Waals surface area contributed by atoms with Gasteiger partial charge in [-0.05, 0) is 45.6 Å². The molecule has 1 aromatic carbocycles. The number of nitrogens with zero attached hydrogens (tertiary/aromatic N) is 2. The van der Waals surface area contributed by atoms with Gasteiger partial charge >= 0.3 is 6.18 Å². The number of alkyl halides is 3. The van der Waals surface area contributed by atoms with Crippen LogP contribution >= 0.6 is 50.5 Å². The minimum atomic E-state index is -4.54. The van der Waals surface area contributed by atoms with Gasteiger partial charge in [-0.2, -0.15) is 18.3 Å². The van der Waals surface area contributed by atoms with E-state index in [9.17, 15) is 18.0 Å². The van der Waals surface area contributed by atoms with Crippen LogP contribution in [0.2, 0.25) is 10.0 Å². The van der Waals surface area contributed by atoms with Crippen molar-refractivity contribution in [2.24, 2.45) is 0 Å². The smallest absolute Gasteiger partial charge is 0.362 e. The first-order valence-electron chi connectivity index (χ1n) is 8.56. The van der Waals surface area contributed by atoms with Gasteiger partial charge in [0.05, 0.1) is 21.2 Å². The number of halogens is 6. The molecule has 5 nitrogen and oxygen atoms in total. The molecule has 2 aromatic heterocycles. The van der Waals surface area contributed by atoms with Gasteiger partial charge in [-0.25, -0.2) is 4.68 Å². The normalized spacial score (nSPS) is 18.6. The number of nitrogens with one attached hydrogen (secondary N) is 2. The fourth-order valence-corrected chi connectivity index (χ4v) is 4.99. The van der Waals surface area contributed by atoms with E-state index in [4.69, 9.17) is 23.2 Å². The van der Waals surface area contributed by atoms with Crippen molar-refractivity contribution in [3.8, 4) is 0 Å². The van der Waals surface area contributed by atoms with Gasteiger partial charge in [-0.15, -0.1) is 11.3 Å². The number of carbonyl (C=O) groups is 1. The van der Waals surface area contributed by atoms with Crippen LogP contribution in [0.3, 0.4) is 0 Å². The van der Waals surface area contributed by atoms with E-state index in [1.807, 2.05) is 0 Å². The summed E-state index contributed by atoms with van der Waals surface area (Å²) in [6.45, 7) is 0. The summed E-state index contributed by atoms with van der Waals surface area (Å²) in [6.07, 6.45) is -4.78. The summed E-state index contributed by atoms with van der Waals surface area (Å²) in [7, 11) is 0. The highest BCUT2D eigenvalue weighted by molar-refractivity contribution is 9.10. The Bertz CT molecular complexity index is 1100. The lowest BCUT2D eigenvalue weighted by Crippen LogP contribution is -2.35. The van der Waals surface area contributed by atoms with Crippen molar-refractivity contribution >= 4 is 67.9 Å². The predicted octanol–water partition coefficient (Wildman–Crippen LogP) is 6.93. The van der Waals surface area contributed by atoms with E-state index in [0.717, 1.165) is 9.56 Å². The van der Waals surface area contributed by atoms with Crippen LogP contribution in [0.25, 0.3) is 0 Å². The molecule has 2 atom stereocenters. The van der Waals surface area contributed by atoms with Crippen molar-refractivity contribution in [2.45, 2.75) is 24.7 Å². The summed E-state index contributed by atoms with van der Waals surface area (Å²) >= 11 is 16.5. The molecule has 4 rings (SSSR count). The monoisotopic (exact) mass is 538 g/mol. The summed E-state index contributed by atoms with van der Waals surface area (Å²) < 4.78 is 42.3. The third kappa shape index (κ3) is 4.05. The lowest BCUT2D eigenvalue weighted by atomic mass is 10.0. The summed E-state index contributed by atoms with van der Waals surface area (Å²) in [4.78, 5) is 13.5. The van der Waals surface area contributed by atoms with Crippen LogP contribution in [0.4, 0.5) is 24.7 Å². The molecule has 12 heteroatoms. The zero-order chi connectivity index (χ0) is 21.6. The van der Waals surface area contributed by atoms with Crippen molar-refractivity contribution in [3.63, 3.8) is 0 Å². The Morgan fingerprint density at radius 1 is 1.33 bits per heavy atom. The van der Waals surface area contributed by atoms with Gasteiger partial charge in [-0.3, -0.25) is 4.79 Å². The quantitative estimate of drug-likeness (QED) is 0.379. The molecule has 3 heterocycles. The molecule has 0 saturated heterocycles. The molecule has 2 N–H and O–H groups in total. The van der Waals surface area contributed by atoms with Crippen molar-refractivity contribution in [1.82, 2.24) is 9.78 Å². The zero-order valence-corrected chi connectivity index (χ0v) is 18.7. The van der Waals surface area contributed by atoms with E-state index in [2.05, 4.69) is 31.7 Å². The molecule has 3 aromatic rings. The average molecular weight is 540 g/mol. The van der Waals surface area contributed by atoms with Crippen LogP contribution in [-0.4, -0.2) is 21.9 Å². The van der Waals surface area contributed by atoms with Crippen molar-refractivity contribution in [3.05, 3.63) is 60.8 Å². The van der Waals surface area contributed by atoms with Crippen molar-refractivity contribution in [2.75, 3.05) is 10.6 Å². The highest BCUT2D eigenvalue weighted by atomic mass is 79.9. The number of anilines is 2. The van der Waals surface area contributed by atoms with Crippen LogP contribution in [0.5, 0.6) is 0 Å². The second kappa shape index (κ2) is 8.07. The molecule has 0 spiro atoms. The van der Waals surface area contributed by atoms with Gasteiger partial charge in [0.25, 0.3) is 5.91 Å². The molecule has 30 heavy (non-hydrogen) atoms. The van der Waals surface area contributed by atoms with Crippen LogP contribution < -0.4 is 10.6 Å². The second-order valence-corrected chi connectivity index (χ2v) is 9.16. The minimum absolute atomic E-state index is 0.0920. The van der Waals surface area contributed by atoms with Crippen molar-refractivity contribution in [1.29, 1.82) is 0 Å². The third-order valence-corrected chi connectivity index (χ3v) is 6.86. The molecule has 0 fully saturated rings. The molecule has 1 aliphatic heterocycles. The molecule has 0 bridgehead atoms. The summed E-state index contributed by atoms with van der Waals surface area (Å²) in [6, 6.07) is 5.58. The van der Waals surface area contributed by atoms with Gasteiger partial charge in [0.2, 0.25) is 0 Å². The van der Waals surface area contributed by atoms with Gasteiger partial charge in [0.15, 0.2) is 11.7 Å². The van der Waals surface area contributed by atoms with Gasteiger partial charge in [0, 0.05) is 16.3 Å². The van der Waals surface area contributed by atoms with E-state index in [-0.39, 0.29) is 33.1 Å². The fourth-order valence-electron chi connectivity index (χ4n) is 3.18. The SMILES string of the molecule is O=C(Nc1ccc(Cl)cc1Cl)c1nn2c(c1Br)NC(c1cccs1)CC2C(F)(F)F. The number of rotatable bonds is 3. The maximum absolute atomic E-state index is 13.8.